The topological polar surface area (TPSA) is 63.2 Å². The number of rotatable bonds is 7. The molecule has 0 spiro atoms. The molecule has 0 fully saturated rings. The van der Waals surface area contributed by atoms with Crippen LogP contribution in [-0.4, -0.2) is 55.7 Å². The second kappa shape index (κ2) is 11.9. The van der Waals surface area contributed by atoms with Crippen LogP contribution < -0.4 is 10.1 Å². The summed E-state index contributed by atoms with van der Waals surface area (Å²) in [6.45, 7) is 9.39. The van der Waals surface area contributed by atoms with Gasteiger partial charge >= 0.3 is 5.97 Å². The number of aliphatic imine (C=N–C) groups is 1. The van der Waals surface area contributed by atoms with E-state index < -0.39 is 5.60 Å². The Balaban J connectivity index is 0.00000576. The fourth-order valence-electron chi connectivity index (χ4n) is 1.91. The first-order chi connectivity index (χ1) is 11.3. The second-order valence-corrected chi connectivity index (χ2v) is 6.34. The fraction of sp³-hybridized carbons (Fsp3) is 0.556. The number of nitrogens with zero attached hydrogens (tertiary/aromatic N) is 2. The molecule has 0 atom stereocenters. The van der Waals surface area contributed by atoms with Gasteiger partial charge in [0.2, 0.25) is 0 Å². The zero-order chi connectivity index (χ0) is 18.0. The van der Waals surface area contributed by atoms with E-state index in [1.165, 1.54) is 0 Å². The predicted molar refractivity (Wildman–Crippen MR) is 112 cm³/mol. The summed E-state index contributed by atoms with van der Waals surface area (Å²) in [5, 5.41) is 3.16. The third kappa shape index (κ3) is 10.9. The maximum absolute atomic E-state index is 11.8. The van der Waals surface area contributed by atoms with Crippen LogP contribution in [-0.2, 0) is 9.53 Å². The fourth-order valence-corrected chi connectivity index (χ4v) is 1.91. The van der Waals surface area contributed by atoms with Gasteiger partial charge in [0.15, 0.2) is 5.96 Å². The van der Waals surface area contributed by atoms with Crippen molar-refractivity contribution in [2.75, 3.05) is 33.3 Å². The molecular formula is C18H30IN3O3. The Bertz CT molecular complexity index is 530. The number of hydrogen-bond donors (Lipinski definition) is 1. The largest absolute Gasteiger partial charge is 0.492 e. The summed E-state index contributed by atoms with van der Waals surface area (Å²) in [5.41, 5.74) is -0.500. The second-order valence-electron chi connectivity index (χ2n) is 6.34. The number of benzene rings is 1. The third-order valence-electron chi connectivity index (χ3n) is 2.91. The average Bonchev–Trinajstić information content (AvgIpc) is 2.50. The van der Waals surface area contributed by atoms with Crippen molar-refractivity contribution in [3.05, 3.63) is 30.3 Å². The minimum atomic E-state index is -0.500. The first kappa shape index (κ1) is 23.5. The van der Waals surface area contributed by atoms with Gasteiger partial charge in [-0.25, -0.2) is 4.99 Å². The summed E-state index contributed by atoms with van der Waals surface area (Å²) in [6.07, 6.45) is 0. The molecule has 0 aromatic heterocycles. The van der Waals surface area contributed by atoms with Crippen molar-refractivity contribution in [3.63, 3.8) is 0 Å². The molecule has 6 nitrogen and oxygen atoms in total. The molecule has 0 heterocycles. The Hall–Kier alpha value is -1.51. The maximum Gasteiger partial charge on any atom is 0.328 e. The summed E-state index contributed by atoms with van der Waals surface area (Å²) >= 11 is 0. The van der Waals surface area contributed by atoms with Crippen molar-refractivity contribution in [3.8, 4) is 5.75 Å². The van der Waals surface area contributed by atoms with Gasteiger partial charge in [0.05, 0.1) is 6.54 Å². The van der Waals surface area contributed by atoms with Crippen LogP contribution in [0.4, 0.5) is 0 Å². The molecule has 1 rings (SSSR count). The Morgan fingerprint density at radius 2 is 1.88 bits per heavy atom. The van der Waals surface area contributed by atoms with Crippen LogP contribution in [0.1, 0.15) is 27.7 Å². The van der Waals surface area contributed by atoms with Gasteiger partial charge in [-0.05, 0) is 39.8 Å². The highest BCUT2D eigenvalue weighted by Gasteiger charge is 2.16. The Morgan fingerprint density at radius 1 is 1.24 bits per heavy atom. The Kier molecular flexibility index (Phi) is 11.2. The highest BCUT2D eigenvalue weighted by molar-refractivity contribution is 14.0. The van der Waals surface area contributed by atoms with Crippen molar-refractivity contribution in [2.45, 2.75) is 33.3 Å². The van der Waals surface area contributed by atoms with E-state index >= 15 is 0 Å². The number of ether oxygens (including phenoxy) is 2. The molecule has 1 aromatic rings. The average molecular weight is 463 g/mol. The molecular weight excluding hydrogens is 433 g/mol. The van der Waals surface area contributed by atoms with Crippen LogP contribution in [0.15, 0.2) is 35.3 Å². The number of carbonyl (C=O) groups excluding carboxylic acids is 1. The molecule has 0 saturated heterocycles. The van der Waals surface area contributed by atoms with Crippen LogP contribution in [0, 0.1) is 0 Å². The zero-order valence-electron chi connectivity index (χ0n) is 15.7. The SMILES string of the molecule is CCNC(=NCC(=O)OC(C)(C)C)N(C)CCOc1ccccc1.I. The molecule has 0 radical (unpaired) electrons. The number of esters is 1. The van der Waals surface area contributed by atoms with Crippen LogP contribution in [0.25, 0.3) is 0 Å². The Labute approximate surface area is 168 Å². The molecule has 0 aliphatic heterocycles. The van der Waals surface area contributed by atoms with E-state index in [0.717, 1.165) is 12.3 Å². The molecule has 1 N–H and O–H groups in total. The van der Waals surface area contributed by atoms with Crippen molar-refractivity contribution in [1.29, 1.82) is 0 Å². The van der Waals surface area contributed by atoms with E-state index in [-0.39, 0.29) is 36.5 Å². The lowest BCUT2D eigenvalue weighted by molar-refractivity contribution is -0.152. The van der Waals surface area contributed by atoms with E-state index in [4.69, 9.17) is 9.47 Å². The van der Waals surface area contributed by atoms with Gasteiger partial charge in [0.1, 0.15) is 24.5 Å². The lowest BCUT2D eigenvalue weighted by Crippen LogP contribution is -2.41. The summed E-state index contributed by atoms with van der Waals surface area (Å²) < 4.78 is 10.9. The smallest absolute Gasteiger partial charge is 0.328 e. The van der Waals surface area contributed by atoms with Crippen LogP contribution in [0.5, 0.6) is 5.75 Å². The van der Waals surface area contributed by atoms with E-state index in [1.54, 1.807) is 0 Å². The van der Waals surface area contributed by atoms with Gasteiger partial charge in [-0.2, -0.15) is 0 Å². The normalized spacial score (nSPS) is 11.3. The van der Waals surface area contributed by atoms with E-state index in [1.807, 2.05) is 70.0 Å². The van der Waals surface area contributed by atoms with Crippen molar-refractivity contribution >= 4 is 35.9 Å². The minimum Gasteiger partial charge on any atom is -0.492 e. The highest BCUT2D eigenvalue weighted by atomic mass is 127. The van der Waals surface area contributed by atoms with Gasteiger partial charge in [-0.3, -0.25) is 4.79 Å². The molecule has 0 unspecified atom stereocenters. The van der Waals surface area contributed by atoms with Crippen LogP contribution >= 0.6 is 24.0 Å². The zero-order valence-corrected chi connectivity index (χ0v) is 18.1. The van der Waals surface area contributed by atoms with Crippen molar-refractivity contribution in [2.24, 2.45) is 4.99 Å². The predicted octanol–water partition coefficient (Wildman–Crippen LogP) is 2.92. The van der Waals surface area contributed by atoms with Gasteiger partial charge in [0.25, 0.3) is 0 Å². The van der Waals surface area contributed by atoms with Crippen molar-refractivity contribution < 1.29 is 14.3 Å². The van der Waals surface area contributed by atoms with Gasteiger partial charge in [0, 0.05) is 13.6 Å². The lowest BCUT2D eigenvalue weighted by atomic mass is 10.2. The summed E-state index contributed by atoms with van der Waals surface area (Å²) in [7, 11) is 1.91. The van der Waals surface area contributed by atoms with Crippen molar-refractivity contribution in [1.82, 2.24) is 10.2 Å². The van der Waals surface area contributed by atoms with Gasteiger partial charge < -0.3 is 19.7 Å². The first-order valence-electron chi connectivity index (χ1n) is 8.21. The molecule has 0 amide bonds. The number of hydrogen-bond acceptors (Lipinski definition) is 4. The lowest BCUT2D eigenvalue weighted by Gasteiger charge is -2.22. The van der Waals surface area contributed by atoms with Crippen LogP contribution in [0.2, 0.25) is 0 Å². The number of nitrogens with one attached hydrogen (secondary N) is 1. The molecule has 25 heavy (non-hydrogen) atoms. The molecule has 0 bridgehead atoms. The molecule has 142 valence electrons. The summed E-state index contributed by atoms with van der Waals surface area (Å²) in [4.78, 5) is 18.0. The summed E-state index contributed by atoms with van der Waals surface area (Å²) in [6, 6.07) is 9.66. The quantitative estimate of drug-likeness (QED) is 0.292. The molecule has 1 aromatic carbocycles. The van der Waals surface area contributed by atoms with Crippen LogP contribution in [0.3, 0.4) is 0 Å². The third-order valence-corrected chi connectivity index (χ3v) is 2.91. The highest BCUT2D eigenvalue weighted by Crippen LogP contribution is 2.08. The summed E-state index contributed by atoms with van der Waals surface area (Å²) in [5.74, 6) is 1.15. The van der Waals surface area contributed by atoms with E-state index in [2.05, 4.69) is 10.3 Å². The number of likely N-dealkylation sites (N-methyl/N-ethyl adjacent to an activating group) is 1. The monoisotopic (exact) mass is 463 g/mol. The maximum atomic E-state index is 11.8. The van der Waals surface area contributed by atoms with Gasteiger partial charge in [-0.1, -0.05) is 18.2 Å². The van der Waals surface area contributed by atoms with E-state index in [9.17, 15) is 4.79 Å². The number of para-hydroxylation sites is 1. The Morgan fingerprint density at radius 3 is 2.44 bits per heavy atom. The molecule has 0 aliphatic rings. The first-order valence-corrected chi connectivity index (χ1v) is 8.21. The molecule has 0 saturated carbocycles. The number of halogens is 1. The molecule has 0 aliphatic carbocycles. The number of guanidine groups is 1. The minimum absolute atomic E-state index is 0. The molecule has 7 heteroatoms. The standard InChI is InChI=1S/C18H29N3O3.HI/c1-6-19-17(20-14-16(22)24-18(2,3)4)21(5)12-13-23-15-10-8-7-9-11-15;/h7-11H,6,12-14H2,1-5H3,(H,19,20);1H. The van der Waals surface area contributed by atoms with Gasteiger partial charge in [-0.15, -0.1) is 24.0 Å². The number of carbonyl (C=O) groups is 1. The van der Waals surface area contributed by atoms with E-state index in [0.29, 0.717) is 19.1 Å².